The third kappa shape index (κ3) is 4.48. The monoisotopic (exact) mass is 476 g/mol. The molecule has 2 heterocycles. The SMILES string of the molecule is CC(C)Oc1ccc(S(=O)(=O)N2CC[C@@H](n3cc(CC(=O)O)c4ccc(Cl)cc43)C2)cc1. The van der Waals surface area contributed by atoms with Gasteiger partial charge in [-0.2, -0.15) is 4.31 Å². The van der Waals surface area contributed by atoms with E-state index in [1.807, 2.05) is 30.7 Å². The van der Waals surface area contributed by atoms with Gasteiger partial charge in [-0.1, -0.05) is 17.7 Å². The molecule has 4 rings (SSSR count). The number of sulfonamides is 1. The van der Waals surface area contributed by atoms with E-state index in [2.05, 4.69) is 0 Å². The van der Waals surface area contributed by atoms with Gasteiger partial charge < -0.3 is 14.4 Å². The summed E-state index contributed by atoms with van der Waals surface area (Å²) in [4.78, 5) is 11.5. The van der Waals surface area contributed by atoms with E-state index in [0.29, 0.717) is 35.8 Å². The molecule has 1 aliphatic rings. The molecule has 9 heteroatoms. The lowest BCUT2D eigenvalue weighted by Gasteiger charge is -2.18. The number of carbonyl (C=O) groups is 1. The number of ether oxygens (including phenoxy) is 1. The van der Waals surface area contributed by atoms with Gasteiger partial charge in [-0.15, -0.1) is 0 Å². The van der Waals surface area contributed by atoms with Crippen molar-refractivity contribution in [2.24, 2.45) is 0 Å². The van der Waals surface area contributed by atoms with Crippen molar-refractivity contribution in [2.75, 3.05) is 13.1 Å². The smallest absolute Gasteiger partial charge is 0.307 e. The number of aliphatic carboxylic acids is 1. The van der Waals surface area contributed by atoms with E-state index in [1.165, 1.54) is 4.31 Å². The molecule has 1 aliphatic heterocycles. The zero-order chi connectivity index (χ0) is 23.0. The summed E-state index contributed by atoms with van der Waals surface area (Å²) in [6.07, 6.45) is 2.34. The number of rotatable bonds is 7. The van der Waals surface area contributed by atoms with Crippen LogP contribution in [0.25, 0.3) is 10.9 Å². The Hall–Kier alpha value is -2.55. The van der Waals surface area contributed by atoms with Crippen LogP contribution in [0.2, 0.25) is 5.02 Å². The first-order valence-electron chi connectivity index (χ1n) is 10.4. The van der Waals surface area contributed by atoms with E-state index in [9.17, 15) is 18.3 Å². The predicted octanol–water partition coefficient (Wildman–Crippen LogP) is 4.34. The fourth-order valence-electron chi connectivity index (χ4n) is 4.17. The summed E-state index contributed by atoms with van der Waals surface area (Å²) in [6, 6.07) is 11.7. The van der Waals surface area contributed by atoms with E-state index >= 15 is 0 Å². The third-order valence-corrected chi connectivity index (χ3v) is 7.69. The van der Waals surface area contributed by atoms with Crippen molar-refractivity contribution in [2.45, 2.75) is 43.7 Å². The van der Waals surface area contributed by atoms with Gasteiger partial charge in [0, 0.05) is 35.7 Å². The summed E-state index contributed by atoms with van der Waals surface area (Å²) in [5.41, 5.74) is 1.50. The summed E-state index contributed by atoms with van der Waals surface area (Å²) in [7, 11) is -3.65. The van der Waals surface area contributed by atoms with Crippen LogP contribution in [0.4, 0.5) is 0 Å². The maximum Gasteiger partial charge on any atom is 0.307 e. The molecule has 170 valence electrons. The van der Waals surface area contributed by atoms with Crippen LogP contribution in [0.3, 0.4) is 0 Å². The minimum Gasteiger partial charge on any atom is -0.491 e. The Morgan fingerprint density at radius 1 is 1.22 bits per heavy atom. The van der Waals surface area contributed by atoms with E-state index in [0.717, 1.165) is 10.9 Å². The molecule has 1 fully saturated rings. The highest BCUT2D eigenvalue weighted by Crippen LogP contribution is 2.34. The second kappa shape index (κ2) is 8.77. The average Bonchev–Trinajstić information content (AvgIpc) is 3.33. The number of hydrogen-bond acceptors (Lipinski definition) is 4. The Morgan fingerprint density at radius 3 is 2.59 bits per heavy atom. The van der Waals surface area contributed by atoms with Crippen molar-refractivity contribution in [3.05, 3.63) is 59.2 Å². The zero-order valence-corrected chi connectivity index (χ0v) is 19.4. The summed E-state index contributed by atoms with van der Waals surface area (Å²) < 4.78 is 35.4. The number of halogens is 1. The van der Waals surface area contributed by atoms with E-state index in [1.54, 1.807) is 36.4 Å². The van der Waals surface area contributed by atoms with Crippen LogP contribution in [0.15, 0.2) is 53.6 Å². The number of fused-ring (bicyclic) bond motifs is 1. The molecule has 1 saturated heterocycles. The molecule has 1 aromatic heterocycles. The van der Waals surface area contributed by atoms with E-state index in [4.69, 9.17) is 16.3 Å². The van der Waals surface area contributed by atoms with Gasteiger partial charge in [0.25, 0.3) is 0 Å². The summed E-state index contributed by atoms with van der Waals surface area (Å²) in [6.45, 7) is 4.51. The fourth-order valence-corrected chi connectivity index (χ4v) is 5.83. The van der Waals surface area contributed by atoms with Gasteiger partial charge in [-0.3, -0.25) is 4.79 Å². The second-order valence-electron chi connectivity index (χ2n) is 8.24. The molecule has 3 aromatic rings. The van der Waals surface area contributed by atoms with Crippen LogP contribution in [0.5, 0.6) is 5.75 Å². The molecular formula is C23H25ClN2O5S. The van der Waals surface area contributed by atoms with Crippen LogP contribution in [0.1, 0.15) is 31.9 Å². The molecule has 0 aliphatic carbocycles. The minimum atomic E-state index is -3.65. The number of aromatic nitrogens is 1. The molecule has 0 bridgehead atoms. The fraction of sp³-hybridized carbons (Fsp3) is 0.348. The quantitative estimate of drug-likeness (QED) is 0.547. The Kier molecular flexibility index (Phi) is 6.20. The Bertz CT molecular complexity index is 1250. The van der Waals surface area contributed by atoms with Gasteiger partial charge in [-0.05, 0) is 62.2 Å². The van der Waals surface area contributed by atoms with E-state index < -0.39 is 16.0 Å². The first-order chi connectivity index (χ1) is 15.1. The number of benzene rings is 2. The number of nitrogens with zero attached hydrogens (tertiary/aromatic N) is 2. The molecule has 7 nitrogen and oxygen atoms in total. The molecule has 0 radical (unpaired) electrons. The molecule has 1 N–H and O–H groups in total. The normalized spacial score (nSPS) is 17.3. The van der Waals surface area contributed by atoms with Gasteiger partial charge in [0.05, 0.1) is 22.9 Å². The van der Waals surface area contributed by atoms with Crippen molar-refractivity contribution in [3.8, 4) is 5.75 Å². The van der Waals surface area contributed by atoms with E-state index in [-0.39, 0.29) is 23.5 Å². The topological polar surface area (TPSA) is 88.8 Å². The highest BCUT2D eigenvalue weighted by molar-refractivity contribution is 7.89. The van der Waals surface area contributed by atoms with Crippen LogP contribution in [-0.4, -0.2) is 47.6 Å². The standard InChI is InChI=1S/C23H25ClN2O5S/c1-15(2)31-19-4-6-20(7-5-19)32(29,30)25-10-9-18(14-25)26-13-16(11-23(27)28)21-8-3-17(24)12-22(21)26/h3-8,12-13,15,18H,9-11,14H2,1-2H3,(H,27,28)/t18-/m1/s1. The highest BCUT2D eigenvalue weighted by atomic mass is 35.5. The van der Waals surface area contributed by atoms with Gasteiger partial charge in [0.2, 0.25) is 10.0 Å². The summed E-state index contributed by atoms with van der Waals surface area (Å²) >= 11 is 6.19. The predicted molar refractivity (Wildman–Crippen MR) is 123 cm³/mol. The Balaban J connectivity index is 1.60. The molecule has 0 spiro atoms. The maximum atomic E-state index is 13.2. The van der Waals surface area contributed by atoms with Gasteiger partial charge >= 0.3 is 5.97 Å². The van der Waals surface area contributed by atoms with Crippen LogP contribution < -0.4 is 4.74 Å². The second-order valence-corrected chi connectivity index (χ2v) is 10.6. The highest BCUT2D eigenvalue weighted by Gasteiger charge is 2.34. The average molecular weight is 477 g/mol. The molecule has 1 atom stereocenters. The van der Waals surface area contributed by atoms with Crippen molar-refractivity contribution in [1.29, 1.82) is 0 Å². The van der Waals surface area contributed by atoms with Crippen LogP contribution >= 0.6 is 11.6 Å². The number of carboxylic acid groups (broad SMARTS) is 1. The molecule has 32 heavy (non-hydrogen) atoms. The summed E-state index contributed by atoms with van der Waals surface area (Å²) in [5, 5.41) is 10.6. The van der Waals surface area contributed by atoms with Gasteiger partial charge in [-0.25, -0.2) is 8.42 Å². The lowest BCUT2D eigenvalue weighted by atomic mass is 10.1. The maximum absolute atomic E-state index is 13.2. The molecule has 0 unspecified atom stereocenters. The zero-order valence-electron chi connectivity index (χ0n) is 17.9. The lowest BCUT2D eigenvalue weighted by molar-refractivity contribution is -0.136. The Labute approximate surface area is 192 Å². The minimum absolute atomic E-state index is 0.00714. The number of hydrogen-bond donors (Lipinski definition) is 1. The van der Waals surface area contributed by atoms with Gasteiger partial charge in [0.15, 0.2) is 0 Å². The largest absolute Gasteiger partial charge is 0.491 e. The number of carboxylic acids is 1. The molecule has 2 aromatic carbocycles. The summed E-state index contributed by atoms with van der Waals surface area (Å²) in [5.74, 6) is -0.292. The molecule has 0 amide bonds. The van der Waals surface area contributed by atoms with Crippen molar-refractivity contribution >= 4 is 38.5 Å². The first-order valence-corrected chi connectivity index (χ1v) is 12.2. The molecule has 0 saturated carbocycles. The third-order valence-electron chi connectivity index (χ3n) is 5.57. The lowest BCUT2D eigenvalue weighted by Crippen LogP contribution is -2.29. The van der Waals surface area contributed by atoms with Crippen molar-refractivity contribution < 1.29 is 23.1 Å². The molecular weight excluding hydrogens is 452 g/mol. The van der Waals surface area contributed by atoms with Crippen molar-refractivity contribution in [3.63, 3.8) is 0 Å². The van der Waals surface area contributed by atoms with Crippen LogP contribution in [0, 0.1) is 0 Å². The first kappa shape index (κ1) is 22.6. The van der Waals surface area contributed by atoms with Crippen LogP contribution in [-0.2, 0) is 21.2 Å². The Morgan fingerprint density at radius 2 is 1.94 bits per heavy atom. The van der Waals surface area contributed by atoms with Gasteiger partial charge in [0.1, 0.15) is 5.75 Å². The van der Waals surface area contributed by atoms with Crippen molar-refractivity contribution in [1.82, 2.24) is 8.87 Å².